The lowest BCUT2D eigenvalue weighted by atomic mass is 10.2. The van der Waals surface area contributed by atoms with Gasteiger partial charge in [-0.3, -0.25) is 4.79 Å². The first kappa shape index (κ1) is 15.5. The number of rotatable bonds is 4. The standard InChI is InChI=1S/C14H22BrN3O2/c1-10(2)18-8-11(15)6-13(18)14(19)16-7-12-9-17(3)4-5-20-12/h6,8,10,12H,4-5,7,9H2,1-3H3,(H,16,19). The Kier molecular flexibility index (Phi) is 5.23. The number of morpholine rings is 1. The molecule has 112 valence electrons. The van der Waals surface area contributed by atoms with E-state index in [0.717, 1.165) is 24.2 Å². The van der Waals surface area contributed by atoms with Crippen molar-refractivity contribution in [3.05, 3.63) is 22.4 Å². The van der Waals surface area contributed by atoms with Gasteiger partial charge in [-0.25, -0.2) is 0 Å². The molecule has 0 radical (unpaired) electrons. The Labute approximate surface area is 128 Å². The molecule has 1 N–H and O–H groups in total. The summed E-state index contributed by atoms with van der Waals surface area (Å²) in [6.07, 6.45) is 2.01. The predicted molar refractivity (Wildman–Crippen MR) is 82.1 cm³/mol. The van der Waals surface area contributed by atoms with E-state index in [1.54, 1.807) is 0 Å². The largest absolute Gasteiger partial charge is 0.374 e. The van der Waals surface area contributed by atoms with Crippen molar-refractivity contribution in [2.24, 2.45) is 0 Å². The van der Waals surface area contributed by atoms with Gasteiger partial charge in [0.25, 0.3) is 5.91 Å². The van der Waals surface area contributed by atoms with Crippen LogP contribution in [0.25, 0.3) is 0 Å². The molecular formula is C14H22BrN3O2. The maximum absolute atomic E-state index is 12.3. The average molecular weight is 344 g/mol. The number of ether oxygens (including phenoxy) is 1. The first-order valence-corrected chi connectivity index (χ1v) is 7.72. The number of carbonyl (C=O) groups excluding carboxylic acids is 1. The Hall–Kier alpha value is -0.850. The summed E-state index contributed by atoms with van der Waals surface area (Å²) in [7, 11) is 2.07. The minimum atomic E-state index is -0.0544. The van der Waals surface area contributed by atoms with Gasteiger partial charge in [-0.1, -0.05) is 0 Å². The van der Waals surface area contributed by atoms with Gasteiger partial charge in [0.05, 0.1) is 12.7 Å². The number of hydrogen-bond donors (Lipinski definition) is 1. The molecule has 1 aromatic rings. The molecule has 5 nitrogen and oxygen atoms in total. The fourth-order valence-electron chi connectivity index (χ4n) is 2.34. The Bertz CT molecular complexity index is 473. The minimum Gasteiger partial charge on any atom is -0.374 e. The van der Waals surface area contributed by atoms with Crippen LogP contribution in [0.5, 0.6) is 0 Å². The SMILES string of the molecule is CC(C)n1cc(Br)cc1C(=O)NCC1CN(C)CCO1. The molecular weight excluding hydrogens is 322 g/mol. The molecule has 1 aliphatic rings. The number of nitrogens with zero attached hydrogens (tertiary/aromatic N) is 2. The van der Waals surface area contributed by atoms with E-state index >= 15 is 0 Å². The predicted octanol–water partition coefficient (Wildman–Crippen LogP) is 1.89. The summed E-state index contributed by atoms with van der Waals surface area (Å²) in [6.45, 7) is 7.20. The summed E-state index contributed by atoms with van der Waals surface area (Å²) in [5.74, 6) is -0.0544. The third-order valence-electron chi connectivity index (χ3n) is 3.44. The summed E-state index contributed by atoms with van der Waals surface area (Å²) in [6, 6.07) is 2.10. The van der Waals surface area contributed by atoms with Crippen LogP contribution < -0.4 is 5.32 Å². The Morgan fingerprint density at radius 1 is 1.60 bits per heavy atom. The van der Waals surface area contributed by atoms with Crippen molar-refractivity contribution in [2.45, 2.75) is 26.0 Å². The zero-order chi connectivity index (χ0) is 14.7. The fourth-order valence-corrected chi connectivity index (χ4v) is 2.78. The molecule has 1 fully saturated rings. The molecule has 0 bridgehead atoms. The van der Waals surface area contributed by atoms with Gasteiger partial charge < -0.3 is 19.5 Å². The Balaban J connectivity index is 1.95. The molecule has 0 aliphatic carbocycles. The van der Waals surface area contributed by atoms with Crippen LogP contribution in [0.2, 0.25) is 0 Å². The third-order valence-corrected chi connectivity index (χ3v) is 3.87. The normalized spacial score (nSPS) is 20.4. The second-order valence-corrected chi connectivity index (χ2v) is 6.43. The van der Waals surface area contributed by atoms with Crippen molar-refractivity contribution in [2.75, 3.05) is 33.3 Å². The summed E-state index contributed by atoms with van der Waals surface area (Å²) < 4.78 is 8.53. The van der Waals surface area contributed by atoms with Gasteiger partial charge in [-0.05, 0) is 42.9 Å². The van der Waals surface area contributed by atoms with E-state index < -0.39 is 0 Å². The Morgan fingerprint density at radius 2 is 2.35 bits per heavy atom. The van der Waals surface area contributed by atoms with E-state index in [1.807, 2.05) is 16.8 Å². The summed E-state index contributed by atoms with van der Waals surface area (Å²) in [5.41, 5.74) is 0.677. The molecule has 1 saturated heterocycles. The number of hydrogen-bond acceptors (Lipinski definition) is 3. The maximum atomic E-state index is 12.3. The number of nitrogens with one attached hydrogen (secondary N) is 1. The van der Waals surface area contributed by atoms with E-state index in [2.05, 4.69) is 47.0 Å². The van der Waals surface area contributed by atoms with Gasteiger partial charge in [0.15, 0.2) is 0 Å². The first-order chi connectivity index (χ1) is 9.47. The van der Waals surface area contributed by atoms with E-state index in [9.17, 15) is 4.79 Å². The molecule has 2 rings (SSSR count). The van der Waals surface area contributed by atoms with Crippen LogP contribution in [0.15, 0.2) is 16.7 Å². The zero-order valence-corrected chi connectivity index (χ0v) is 13.8. The van der Waals surface area contributed by atoms with Gasteiger partial charge in [-0.15, -0.1) is 0 Å². The van der Waals surface area contributed by atoms with E-state index in [0.29, 0.717) is 12.2 Å². The molecule has 2 heterocycles. The molecule has 0 spiro atoms. The summed E-state index contributed by atoms with van der Waals surface area (Å²) in [5, 5.41) is 2.97. The van der Waals surface area contributed by atoms with E-state index in [1.165, 1.54) is 0 Å². The number of amides is 1. The minimum absolute atomic E-state index is 0.0544. The lowest BCUT2D eigenvalue weighted by Gasteiger charge is -2.30. The lowest BCUT2D eigenvalue weighted by molar-refractivity contribution is -0.0175. The molecule has 0 aromatic carbocycles. The van der Waals surface area contributed by atoms with Crippen molar-refractivity contribution >= 4 is 21.8 Å². The summed E-state index contributed by atoms with van der Waals surface area (Å²) >= 11 is 3.42. The molecule has 20 heavy (non-hydrogen) atoms. The molecule has 1 amide bonds. The number of halogens is 1. The molecule has 1 atom stereocenters. The van der Waals surface area contributed by atoms with Crippen LogP contribution in [0.1, 0.15) is 30.4 Å². The van der Waals surface area contributed by atoms with Crippen LogP contribution in [0, 0.1) is 0 Å². The van der Waals surface area contributed by atoms with Crippen molar-refractivity contribution in [3.8, 4) is 0 Å². The van der Waals surface area contributed by atoms with Crippen molar-refractivity contribution < 1.29 is 9.53 Å². The topological polar surface area (TPSA) is 46.5 Å². The smallest absolute Gasteiger partial charge is 0.268 e. The van der Waals surface area contributed by atoms with Crippen LogP contribution >= 0.6 is 15.9 Å². The fraction of sp³-hybridized carbons (Fsp3) is 0.643. The molecule has 1 unspecified atom stereocenters. The van der Waals surface area contributed by atoms with Crippen LogP contribution in [0.4, 0.5) is 0 Å². The second kappa shape index (κ2) is 6.74. The van der Waals surface area contributed by atoms with Crippen LogP contribution in [0.3, 0.4) is 0 Å². The van der Waals surface area contributed by atoms with E-state index in [-0.39, 0.29) is 18.1 Å². The highest BCUT2D eigenvalue weighted by Gasteiger charge is 2.20. The van der Waals surface area contributed by atoms with E-state index in [4.69, 9.17) is 4.74 Å². The second-order valence-electron chi connectivity index (χ2n) is 5.51. The van der Waals surface area contributed by atoms with Gasteiger partial charge in [0, 0.05) is 36.3 Å². The quantitative estimate of drug-likeness (QED) is 0.908. The molecule has 0 saturated carbocycles. The monoisotopic (exact) mass is 343 g/mol. The van der Waals surface area contributed by atoms with Crippen LogP contribution in [-0.2, 0) is 4.74 Å². The van der Waals surface area contributed by atoms with Gasteiger partial charge >= 0.3 is 0 Å². The number of carbonyl (C=O) groups is 1. The van der Waals surface area contributed by atoms with Crippen molar-refractivity contribution in [1.82, 2.24) is 14.8 Å². The van der Waals surface area contributed by atoms with Gasteiger partial charge in [0.1, 0.15) is 5.69 Å². The number of aromatic nitrogens is 1. The lowest BCUT2D eigenvalue weighted by Crippen LogP contribution is -2.46. The number of likely N-dealkylation sites (N-methyl/N-ethyl adjacent to an activating group) is 1. The molecule has 1 aromatic heterocycles. The first-order valence-electron chi connectivity index (χ1n) is 6.93. The van der Waals surface area contributed by atoms with Gasteiger partial charge in [-0.2, -0.15) is 0 Å². The van der Waals surface area contributed by atoms with Gasteiger partial charge in [0.2, 0.25) is 0 Å². The third kappa shape index (κ3) is 3.84. The van der Waals surface area contributed by atoms with Crippen molar-refractivity contribution in [1.29, 1.82) is 0 Å². The highest BCUT2D eigenvalue weighted by Crippen LogP contribution is 2.19. The summed E-state index contributed by atoms with van der Waals surface area (Å²) in [4.78, 5) is 14.5. The van der Waals surface area contributed by atoms with Crippen LogP contribution in [-0.4, -0.2) is 54.8 Å². The molecule has 6 heteroatoms. The maximum Gasteiger partial charge on any atom is 0.268 e. The van der Waals surface area contributed by atoms with Crippen molar-refractivity contribution in [3.63, 3.8) is 0 Å². The Morgan fingerprint density at radius 3 is 3.00 bits per heavy atom. The highest BCUT2D eigenvalue weighted by molar-refractivity contribution is 9.10. The molecule has 1 aliphatic heterocycles. The zero-order valence-electron chi connectivity index (χ0n) is 12.2. The average Bonchev–Trinajstić information content (AvgIpc) is 2.78. The highest BCUT2D eigenvalue weighted by atomic mass is 79.9.